The number of carbonyl (C=O) groups excluding carboxylic acids is 1. The van der Waals surface area contributed by atoms with Crippen LogP contribution in [-0.2, 0) is 22.4 Å². The van der Waals surface area contributed by atoms with E-state index in [1.54, 1.807) is 12.1 Å². The first kappa shape index (κ1) is 24.5. The highest BCUT2D eigenvalue weighted by molar-refractivity contribution is 5.71. The van der Waals surface area contributed by atoms with E-state index >= 15 is 0 Å². The molecule has 33 heavy (non-hydrogen) atoms. The van der Waals surface area contributed by atoms with Crippen molar-refractivity contribution in [3.05, 3.63) is 87.7 Å². The van der Waals surface area contributed by atoms with Crippen molar-refractivity contribution in [3.63, 3.8) is 0 Å². The molecule has 0 N–H and O–H groups in total. The maximum atomic E-state index is 13.8. The van der Waals surface area contributed by atoms with Crippen LogP contribution in [0.4, 0.5) is 4.39 Å². The van der Waals surface area contributed by atoms with Crippen molar-refractivity contribution in [2.24, 2.45) is 0 Å². The number of ether oxygens (including phenoxy) is 2. The van der Waals surface area contributed by atoms with Gasteiger partial charge in [0, 0.05) is 0 Å². The summed E-state index contributed by atoms with van der Waals surface area (Å²) in [4.78, 5) is 11.9. The third-order valence-electron chi connectivity index (χ3n) is 6.07. The number of hydrogen-bond acceptors (Lipinski definition) is 3. The fraction of sp³-hybridized carbons (Fsp3) is 0.345. The topological polar surface area (TPSA) is 35.5 Å². The summed E-state index contributed by atoms with van der Waals surface area (Å²) in [5.74, 6) is 0.108. The van der Waals surface area contributed by atoms with Crippen LogP contribution >= 0.6 is 0 Å². The fourth-order valence-electron chi connectivity index (χ4n) is 4.13. The van der Waals surface area contributed by atoms with Gasteiger partial charge in [0.1, 0.15) is 11.6 Å². The quantitative estimate of drug-likeness (QED) is 0.354. The molecule has 0 saturated carbocycles. The Morgan fingerprint density at radius 2 is 1.64 bits per heavy atom. The molecule has 0 fully saturated rings. The molecular formula is C29H33FO3. The molecule has 0 aliphatic carbocycles. The maximum Gasteiger partial charge on any atom is 0.344 e. The van der Waals surface area contributed by atoms with E-state index in [9.17, 15) is 9.18 Å². The van der Waals surface area contributed by atoms with Gasteiger partial charge in [0.2, 0.25) is 0 Å². The van der Waals surface area contributed by atoms with Gasteiger partial charge in [-0.25, -0.2) is 9.18 Å². The Morgan fingerprint density at radius 1 is 0.879 bits per heavy atom. The Morgan fingerprint density at radius 3 is 2.33 bits per heavy atom. The van der Waals surface area contributed by atoms with Gasteiger partial charge in [0.05, 0.1) is 6.10 Å². The van der Waals surface area contributed by atoms with Crippen LogP contribution in [0.2, 0.25) is 0 Å². The van der Waals surface area contributed by atoms with Crippen molar-refractivity contribution in [3.8, 4) is 16.9 Å². The number of hydrogen-bond donors (Lipinski definition) is 0. The molecule has 0 bridgehead atoms. The third kappa shape index (κ3) is 6.22. The van der Waals surface area contributed by atoms with Gasteiger partial charge >= 0.3 is 5.97 Å². The molecule has 3 aromatic rings. The lowest BCUT2D eigenvalue weighted by Gasteiger charge is -2.17. The molecule has 3 rings (SSSR count). The van der Waals surface area contributed by atoms with Gasteiger partial charge in [-0.1, -0.05) is 30.3 Å². The molecule has 3 nitrogen and oxygen atoms in total. The number of benzene rings is 3. The van der Waals surface area contributed by atoms with Crippen molar-refractivity contribution in [2.75, 3.05) is 6.61 Å². The van der Waals surface area contributed by atoms with Crippen molar-refractivity contribution in [2.45, 2.75) is 60.5 Å². The second-order valence-corrected chi connectivity index (χ2v) is 8.90. The fourth-order valence-corrected chi connectivity index (χ4v) is 4.13. The monoisotopic (exact) mass is 448 g/mol. The smallest absolute Gasteiger partial charge is 0.344 e. The number of carbonyl (C=O) groups is 1. The minimum Gasteiger partial charge on any atom is -0.482 e. The van der Waals surface area contributed by atoms with Gasteiger partial charge in [-0.15, -0.1) is 0 Å². The van der Waals surface area contributed by atoms with Crippen LogP contribution in [0.25, 0.3) is 11.1 Å². The second-order valence-electron chi connectivity index (χ2n) is 8.90. The van der Waals surface area contributed by atoms with Crippen LogP contribution in [-0.4, -0.2) is 18.7 Å². The third-order valence-corrected chi connectivity index (χ3v) is 6.07. The summed E-state index contributed by atoms with van der Waals surface area (Å²) in [5.41, 5.74) is 9.08. The van der Waals surface area contributed by atoms with Crippen molar-refractivity contribution < 1.29 is 18.7 Å². The second kappa shape index (κ2) is 10.7. The lowest BCUT2D eigenvalue weighted by atomic mass is 9.90. The Hall–Kier alpha value is -3.14. The standard InChI is InChI=1S/C29H33FO3/c1-18(2)33-29(31)17-32-28-13-10-19(3)27(22(28)6)12-11-23-15-25(14-20(4)21(23)5)24-8-7-9-26(30)16-24/h7-10,13-16,18H,11-12,17H2,1-6H3. The number of rotatable bonds is 8. The van der Waals surface area contributed by atoms with Crippen LogP contribution in [0.1, 0.15) is 47.2 Å². The Bertz CT molecular complexity index is 1150. The number of halogens is 1. The molecule has 4 heteroatoms. The lowest BCUT2D eigenvalue weighted by Crippen LogP contribution is -2.19. The van der Waals surface area contributed by atoms with Crippen LogP contribution in [0.5, 0.6) is 5.75 Å². The molecule has 0 spiro atoms. The maximum absolute atomic E-state index is 13.8. The van der Waals surface area contributed by atoms with E-state index in [1.165, 1.54) is 33.9 Å². The highest BCUT2D eigenvalue weighted by Gasteiger charge is 2.14. The highest BCUT2D eigenvalue weighted by Crippen LogP contribution is 2.29. The van der Waals surface area contributed by atoms with Gasteiger partial charge in [0.25, 0.3) is 0 Å². The van der Waals surface area contributed by atoms with E-state index < -0.39 is 0 Å². The SMILES string of the molecule is Cc1cc(-c2cccc(F)c2)cc(CCc2c(C)ccc(OCC(=O)OC(C)C)c2C)c1C. The summed E-state index contributed by atoms with van der Waals surface area (Å²) in [6.07, 6.45) is 1.54. The Kier molecular flexibility index (Phi) is 7.91. The summed E-state index contributed by atoms with van der Waals surface area (Å²) < 4.78 is 24.7. The Balaban J connectivity index is 1.81. The molecule has 3 aromatic carbocycles. The summed E-state index contributed by atoms with van der Waals surface area (Å²) in [6.45, 7) is 11.9. The van der Waals surface area contributed by atoms with E-state index in [0.29, 0.717) is 5.75 Å². The molecule has 0 heterocycles. The van der Waals surface area contributed by atoms with E-state index in [4.69, 9.17) is 9.47 Å². The molecular weight excluding hydrogens is 415 g/mol. The van der Waals surface area contributed by atoms with Crippen LogP contribution in [0, 0.1) is 33.5 Å². The molecule has 0 radical (unpaired) electrons. The molecule has 0 amide bonds. The predicted molar refractivity (Wildman–Crippen MR) is 131 cm³/mol. The van der Waals surface area contributed by atoms with Crippen LogP contribution in [0.3, 0.4) is 0 Å². The number of aryl methyl sites for hydroxylation is 3. The molecule has 0 aromatic heterocycles. The summed E-state index contributed by atoms with van der Waals surface area (Å²) in [7, 11) is 0. The van der Waals surface area contributed by atoms with E-state index in [1.807, 2.05) is 39.0 Å². The van der Waals surface area contributed by atoms with Gasteiger partial charge in [0.15, 0.2) is 6.61 Å². The molecule has 0 atom stereocenters. The zero-order valence-corrected chi connectivity index (χ0v) is 20.4. The summed E-state index contributed by atoms with van der Waals surface area (Å²) >= 11 is 0. The molecule has 0 aliphatic heterocycles. The summed E-state index contributed by atoms with van der Waals surface area (Å²) in [5, 5.41) is 0. The first-order valence-electron chi connectivity index (χ1n) is 11.4. The largest absolute Gasteiger partial charge is 0.482 e. The zero-order chi connectivity index (χ0) is 24.1. The lowest BCUT2D eigenvalue weighted by molar-refractivity contribution is -0.149. The van der Waals surface area contributed by atoms with Crippen molar-refractivity contribution in [1.82, 2.24) is 0 Å². The normalized spacial score (nSPS) is 11.0. The highest BCUT2D eigenvalue weighted by atomic mass is 19.1. The zero-order valence-electron chi connectivity index (χ0n) is 20.4. The van der Waals surface area contributed by atoms with Gasteiger partial charge < -0.3 is 9.47 Å². The van der Waals surface area contributed by atoms with Gasteiger partial charge in [-0.05, 0) is 117 Å². The van der Waals surface area contributed by atoms with E-state index in [0.717, 1.165) is 29.5 Å². The molecule has 174 valence electrons. The van der Waals surface area contributed by atoms with Crippen molar-refractivity contribution in [1.29, 1.82) is 0 Å². The van der Waals surface area contributed by atoms with E-state index in [2.05, 4.69) is 32.9 Å². The van der Waals surface area contributed by atoms with Crippen LogP contribution < -0.4 is 4.74 Å². The first-order chi connectivity index (χ1) is 15.7. The minimum atomic E-state index is -0.369. The molecule has 0 aliphatic rings. The molecule has 0 unspecified atom stereocenters. The predicted octanol–water partition coefficient (Wildman–Crippen LogP) is 6.84. The van der Waals surface area contributed by atoms with Gasteiger partial charge in [-0.3, -0.25) is 0 Å². The average Bonchev–Trinajstić information content (AvgIpc) is 2.75. The average molecular weight is 449 g/mol. The minimum absolute atomic E-state index is 0.102. The van der Waals surface area contributed by atoms with E-state index in [-0.39, 0.29) is 24.5 Å². The molecule has 0 saturated heterocycles. The Labute approximate surface area is 196 Å². The van der Waals surface area contributed by atoms with Crippen LogP contribution in [0.15, 0.2) is 48.5 Å². The number of esters is 1. The van der Waals surface area contributed by atoms with Gasteiger partial charge in [-0.2, -0.15) is 0 Å². The van der Waals surface area contributed by atoms with Crippen molar-refractivity contribution >= 4 is 5.97 Å². The summed E-state index contributed by atoms with van der Waals surface area (Å²) in [6, 6.07) is 15.0. The first-order valence-corrected chi connectivity index (χ1v) is 11.4.